The van der Waals surface area contributed by atoms with Gasteiger partial charge in [-0.3, -0.25) is 10.1 Å². The molecule has 0 aliphatic carbocycles. The maximum absolute atomic E-state index is 13.3. The molecule has 1 amide bonds. The summed E-state index contributed by atoms with van der Waals surface area (Å²) in [7, 11) is 0. The second-order valence-corrected chi connectivity index (χ2v) is 5.00. The molecule has 0 spiro atoms. The Hall–Kier alpha value is -1.94. The van der Waals surface area contributed by atoms with Gasteiger partial charge in [0.15, 0.2) is 5.13 Å². The predicted octanol–water partition coefficient (Wildman–Crippen LogP) is 2.50. The highest BCUT2D eigenvalue weighted by Crippen LogP contribution is 2.22. The van der Waals surface area contributed by atoms with Crippen molar-refractivity contribution in [3.8, 4) is 11.8 Å². The van der Waals surface area contributed by atoms with E-state index < -0.39 is 11.7 Å². The largest absolute Gasteiger partial charge is 0.320 e. The van der Waals surface area contributed by atoms with Gasteiger partial charge in [0.1, 0.15) is 5.82 Å². The van der Waals surface area contributed by atoms with Crippen LogP contribution in [0.4, 0.5) is 9.52 Å². The van der Waals surface area contributed by atoms with E-state index in [4.69, 9.17) is 17.3 Å². The van der Waals surface area contributed by atoms with Crippen molar-refractivity contribution in [1.29, 1.82) is 0 Å². The van der Waals surface area contributed by atoms with Crippen LogP contribution in [0, 0.1) is 17.7 Å². The number of amides is 1. The van der Waals surface area contributed by atoms with Gasteiger partial charge < -0.3 is 5.73 Å². The van der Waals surface area contributed by atoms with Gasteiger partial charge in [-0.1, -0.05) is 40.8 Å². The molecule has 0 saturated carbocycles. The number of hydrogen-bond donors (Lipinski definition) is 2. The molecule has 4 nitrogen and oxygen atoms in total. The van der Waals surface area contributed by atoms with E-state index in [1.54, 1.807) is 0 Å². The number of carbonyl (C=O) groups excluding carboxylic acids is 1. The fraction of sp³-hybridized carbons (Fsp3) is 0.0769. The van der Waals surface area contributed by atoms with E-state index in [1.807, 2.05) is 0 Å². The SMILES string of the molecule is NCC#Cc1cnc(NC(=O)c2cccc(F)c2Cl)s1. The molecule has 0 saturated heterocycles. The number of halogens is 2. The summed E-state index contributed by atoms with van der Waals surface area (Å²) in [6, 6.07) is 4.03. The summed E-state index contributed by atoms with van der Waals surface area (Å²) in [5, 5.41) is 2.68. The molecule has 2 rings (SSSR count). The molecule has 0 radical (unpaired) electrons. The maximum Gasteiger partial charge on any atom is 0.259 e. The van der Waals surface area contributed by atoms with Gasteiger partial charge in [0.25, 0.3) is 5.91 Å². The molecular formula is C13H9ClFN3OS. The van der Waals surface area contributed by atoms with Crippen molar-refractivity contribution in [2.24, 2.45) is 5.73 Å². The monoisotopic (exact) mass is 309 g/mol. The number of thiazole rings is 1. The first-order valence-corrected chi connectivity index (χ1v) is 6.71. The summed E-state index contributed by atoms with van der Waals surface area (Å²) in [5.41, 5.74) is 5.31. The van der Waals surface area contributed by atoms with Crippen LogP contribution in [0.1, 0.15) is 15.2 Å². The Kier molecular flexibility index (Phi) is 4.69. The molecule has 0 unspecified atom stereocenters. The van der Waals surface area contributed by atoms with Gasteiger partial charge in [-0.2, -0.15) is 0 Å². The van der Waals surface area contributed by atoms with Crippen LogP contribution in [0.25, 0.3) is 0 Å². The van der Waals surface area contributed by atoms with Gasteiger partial charge in [-0.05, 0) is 12.1 Å². The molecule has 1 aromatic heterocycles. The summed E-state index contributed by atoms with van der Waals surface area (Å²) in [4.78, 5) is 16.6. The van der Waals surface area contributed by atoms with Crippen molar-refractivity contribution in [1.82, 2.24) is 4.98 Å². The maximum atomic E-state index is 13.3. The molecule has 1 heterocycles. The van der Waals surface area contributed by atoms with E-state index >= 15 is 0 Å². The molecule has 2 aromatic rings. The van der Waals surface area contributed by atoms with E-state index in [-0.39, 0.29) is 17.1 Å². The standard InChI is InChI=1S/C13H9ClFN3OS/c14-11-9(4-1-5-10(11)15)12(19)18-13-17-7-8(20-13)3-2-6-16/h1,4-5,7H,6,16H2,(H,17,18,19). The first-order valence-electron chi connectivity index (χ1n) is 5.52. The molecule has 1 aromatic carbocycles. The number of hydrogen-bond acceptors (Lipinski definition) is 4. The Morgan fingerprint density at radius 1 is 1.55 bits per heavy atom. The molecule has 7 heteroatoms. The number of nitrogens with two attached hydrogens (primary N) is 1. The topological polar surface area (TPSA) is 68.0 Å². The third-order valence-corrected chi connectivity index (χ3v) is 3.45. The molecule has 0 aliphatic rings. The minimum Gasteiger partial charge on any atom is -0.320 e. The minimum absolute atomic E-state index is 0.0523. The smallest absolute Gasteiger partial charge is 0.259 e. The normalized spacial score (nSPS) is 9.75. The highest BCUT2D eigenvalue weighted by Gasteiger charge is 2.14. The summed E-state index contributed by atoms with van der Waals surface area (Å²) in [6.45, 7) is 0.249. The summed E-state index contributed by atoms with van der Waals surface area (Å²) in [5.74, 6) is 4.31. The van der Waals surface area contributed by atoms with Crippen molar-refractivity contribution >= 4 is 34.0 Å². The van der Waals surface area contributed by atoms with E-state index in [2.05, 4.69) is 22.1 Å². The van der Waals surface area contributed by atoms with Gasteiger partial charge in [-0.25, -0.2) is 9.37 Å². The van der Waals surface area contributed by atoms with Crippen molar-refractivity contribution < 1.29 is 9.18 Å². The number of nitrogens with one attached hydrogen (secondary N) is 1. The Bertz CT molecular complexity index is 705. The van der Waals surface area contributed by atoms with Gasteiger partial charge >= 0.3 is 0 Å². The lowest BCUT2D eigenvalue weighted by Crippen LogP contribution is -2.12. The van der Waals surface area contributed by atoms with Crippen LogP contribution < -0.4 is 11.1 Å². The minimum atomic E-state index is -0.645. The van der Waals surface area contributed by atoms with Crippen LogP contribution >= 0.6 is 22.9 Å². The molecule has 0 atom stereocenters. The Morgan fingerprint density at radius 2 is 2.35 bits per heavy atom. The van der Waals surface area contributed by atoms with E-state index in [1.165, 1.54) is 35.7 Å². The number of rotatable bonds is 2. The van der Waals surface area contributed by atoms with Crippen LogP contribution in [0.5, 0.6) is 0 Å². The quantitative estimate of drug-likeness (QED) is 0.838. The predicted molar refractivity (Wildman–Crippen MR) is 77.4 cm³/mol. The Labute approximate surface area is 123 Å². The van der Waals surface area contributed by atoms with Crippen molar-refractivity contribution in [2.75, 3.05) is 11.9 Å². The number of nitrogens with zero attached hydrogens (tertiary/aromatic N) is 1. The number of aromatic nitrogens is 1. The average molecular weight is 310 g/mol. The number of benzene rings is 1. The number of carbonyl (C=O) groups is 1. The third-order valence-electron chi connectivity index (χ3n) is 2.24. The van der Waals surface area contributed by atoms with Crippen LogP contribution in [0.15, 0.2) is 24.4 Å². The molecule has 20 heavy (non-hydrogen) atoms. The average Bonchev–Trinajstić information content (AvgIpc) is 2.87. The van der Waals surface area contributed by atoms with Gasteiger partial charge in [0.05, 0.1) is 28.2 Å². The van der Waals surface area contributed by atoms with Crippen LogP contribution in [0.3, 0.4) is 0 Å². The van der Waals surface area contributed by atoms with Gasteiger partial charge in [-0.15, -0.1) is 0 Å². The van der Waals surface area contributed by atoms with Crippen LogP contribution in [0.2, 0.25) is 5.02 Å². The van der Waals surface area contributed by atoms with Crippen LogP contribution in [-0.2, 0) is 0 Å². The molecule has 0 fully saturated rings. The fourth-order valence-corrected chi connectivity index (χ4v) is 2.27. The molecule has 102 valence electrons. The lowest BCUT2D eigenvalue weighted by molar-refractivity contribution is 0.102. The zero-order chi connectivity index (χ0) is 14.5. The van der Waals surface area contributed by atoms with Crippen LogP contribution in [-0.4, -0.2) is 17.4 Å². The van der Waals surface area contributed by atoms with Crippen molar-refractivity contribution in [2.45, 2.75) is 0 Å². The second kappa shape index (κ2) is 6.48. The summed E-state index contributed by atoms with van der Waals surface area (Å²) in [6.07, 6.45) is 1.52. The molecule has 0 bridgehead atoms. The van der Waals surface area contributed by atoms with E-state index in [0.29, 0.717) is 10.0 Å². The third kappa shape index (κ3) is 3.33. The Balaban J connectivity index is 2.15. The zero-order valence-corrected chi connectivity index (χ0v) is 11.7. The summed E-state index contributed by atoms with van der Waals surface area (Å²) < 4.78 is 13.3. The fourth-order valence-electron chi connectivity index (χ4n) is 1.37. The van der Waals surface area contributed by atoms with E-state index in [9.17, 15) is 9.18 Å². The first kappa shape index (κ1) is 14.5. The lowest BCUT2D eigenvalue weighted by Gasteiger charge is -2.04. The first-order chi connectivity index (χ1) is 9.61. The lowest BCUT2D eigenvalue weighted by atomic mass is 10.2. The van der Waals surface area contributed by atoms with Crippen molar-refractivity contribution in [3.63, 3.8) is 0 Å². The molecule has 3 N–H and O–H groups in total. The second-order valence-electron chi connectivity index (χ2n) is 3.59. The van der Waals surface area contributed by atoms with Crippen molar-refractivity contribution in [3.05, 3.63) is 45.7 Å². The molecule has 0 aliphatic heterocycles. The van der Waals surface area contributed by atoms with Gasteiger partial charge in [0, 0.05) is 0 Å². The highest BCUT2D eigenvalue weighted by atomic mass is 35.5. The zero-order valence-electron chi connectivity index (χ0n) is 10.1. The Morgan fingerprint density at radius 3 is 3.10 bits per heavy atom. The highest BCUT2D eigenvalue weighted by molar-refractivity contribution is 7.16. The molecular weight excluding hydrogens is 301 g/mol. The van der Waals surface area contributed by atoms with E-state index in [0.717, 1.165) is 0 Å². The number of anilines is 1. The summed E-state index contributed by atoms with van der Waals surface area (Å²) >= 11 is 6.94. The van der Waals surface area contributed by atoms with Gasteiger partial charge in [0.2, 0.25) is 0 Å².